The summed E-state index contributed by atoms with van der Waals surface area (Å²) in [4.78, 5) is 15.5. The van der Waals surface area contributed by atoms with Gasteiger partial charge in [-0.05, 0) is 42.2 Å². The largest absolute Gasteiger partial charge is 0.489 e. The molecule has 176 valence electrons. The predicted molar refractivity (Wildman–Crippen MR) is 131 cm³/mol. The van der Waals surface area contributed by atoms with Crippen LogP contribution in [0.5, 0.6) is 5.75 Å². The fourth-order valence-corrected chi connectivity index (χ4v) is 4.02. The molecule has 0 saturated carbocycles. The molecule has 0 aliphatic carbocycles. The Morgan fingerprint density at radius 1 is 1.03 bits per heavy atom. The Hall–Kier alpha value is -3.67. The molecule has 5 nitrogen and oxygen atoms in total. The smallest absolute Gasteiger partial charge is 0.303 e. The van der Waals surface area contributed by atoms with Gasteiger partial charge in [-0.1, -0.05) is 55.8 Å². The van der Waals surface area contributed by atoms with E-state index in [4.69, 9.17) is 14.8 Å². The number of carbonyl (C=O) groups is 1. The lowest BCUT2D eigenvalue weighted by Gasteiger charge is -2.14. The van der Waals surface area contributed by atoms with Crippen molar-refractivity contribution in [2.24, 2.45) is 0 Å². The molecule has 0 aliphatic heterocycles. The van der Waals surface area contributed by atoms with Gasteiger partial charge in [0.05, 0.1) is 17.6 Å². The lowest BCUT2D eigenvalue weighted by atomic mass is 10.1. The van der Waals surface area contributed by atoms with Crippen molar-refractivity contribution < 1.29 is 19.0 Å². The number of hydrogen-bond donors (Lipinski definition) is 1. The molecule has 6 heteroatoms. The van der Waals surface area contributed by atoms with E-state index < -0.39 is 5.97 Å². The molecule has 0 spiro atoms. The van der Waals surface area contributed by atoms with Gasteiger partial charge in [0.2, 0.25) is 0 Å². The summed E-state index contributed by atoms with van der Waals surface area (Å²) < 4.78 is 22.1. The van der Waals surface area contributed by atoms with Crippen molar-refractivity contribution in [2.75, 3.05) is 0 Å². The number of fused-ring (bicyclic) bond motifs is 1. The summed E-state index contributed by atoms with van der Waals surface area (Å²) in [6.07, 6.45) is 3.56. The molecule has 0 amide bonds. The molecule has 1 heterocycles. The van der Waals surface area contributed by atoms with Gasteiger partial charge in [0.15, 0.2) is 0 Å². The Labute approximate surface area is 198 Å². The number of halogens is 1. The summed E-state index contributed by atoms with van der Waals surface area (Å²) >= 11 is 0. The summed E-state index contributed by atoms with van der Waals surface area (Å²) in [5.74, 6) is 0.673. The molecule has 1 aromatic heterocycles. The van der Waals surface area contributed by atoms with Gasteiger partial charge in [-0.3, -0.25) is 4.79 Å². The van der Waals surface area contributed by atoms with Crippen molar-refractivity contribution in [1.82, 2.24) is 9.55 Å². The molecule has 3 aromatic carbocycles. The minimum atomic E-state index is -0.794. The Kier molecular flexibility index (Phi) is 7.58. The van der Waals surface area contributed by atoms with E-state index >= 15 is 0 Å². The molecular weight excluding hydrogens is 431 g/mol. The van der Waals surface area contributed by atoms with Crippen LogP contribution in [0.1, 0.15) is 48.7 Å². The Morgan fingerprint density at radius 3 is 2.56 bits per heavy atom. The van der Waals surface area contributed by atoms with E-state index in [0.29, 0.717) is 25.1 Å². The van der Waals surface area contributed by atoms with Crippen molar-refractivity contribution in [3.05, 3.63) is 95.1 Å². The first-order valence-corrected chi connectivity index (χ1v) is 11.7. The van der Waals surface area contributed by atoms with E-state index in [2.05, 4.69) is 11.5 Å². The Balaban J connectivity index is 1.52. The number of hydrogen-bond acceptors (Lipinski definition) is 3. The standard InChI is InChI=1S/C28H29FN2O3/c1-2-3-8-27-30-24-17-23(29)14-15-25(24)31(27)18-22-6-4-5-7-26(22)34-19-21-11-9-20(10-12-21)13-16-28(32)33/h4-7,9-12,14-15,17H,2-3,8,13,16,18-19H2,1H3,(H,32,33). The van der Waals surface area contributed by atoms with Crippen LogP contribution in [-0.4, -0.2) is 20.6 Å². The first kappa shape index (κ1) is 23.5. The van der Waals surface area contributed by atoms with Gasteiger partial charge >= 0.3 is 5.97 Å². The third kappa shape index (κ3) is 5.81. The van der Waals surface area contributed by atoms with Gasteiger partial charge in [-0.25, -0.2) is 9.37 Å². The lowest BCUT2D eigenvalue weighted by molar-refractivity contribution is -0.136. The van der Waals surface area contributed by atoms with Crippen LogP contribution in [0, 0.1) is 5.82 Å². The lowest BCUT2D eigenvalue weighted by Crippen LogP contribution is -2.07. The van der Waals surface area contributed by atoms with Crippen molar-refractivity contribution in [1.29, 1.82) is 0 Å². The number of aryl methyl sites for hydroxylation is 2. The number of aliphatic carboxylic acids is 1. The first-order chi connectivity index (χ1) is 16.5. The summed E-state index contributed by atoms with van der Waals surface area (Å²) in [6.45, 7) is 3.15. The van der Waals surface area contributed by atoms with Crippen LogP contribution in [0.25, 0.3) is 11.0 Å². The number of nitrogens with zero attached hydrogens (tertiary/aromatic N) is 2. The van der Waals surface area contributed by atoms with Gasteiger partial charge < -0.3 is 14.4 Å². The van der Waals surface area contributed by atoms with E-state index in [1.807, 2.05) is 48.5 Å². The SMILES string of the molecule is CCCCc1nc2cc(F)ccc2n1Cc1ccccc1OCc1ccc(CCC(=O)O)cc1. The summed E-state index contributed by atoms with van der Waals surface area (Å²) in [5, 5.41) is 8.85. The number of rotatable bonds is 11. The monoisotopic (exact) mass is 460 g/mol. The maximum Gasteiger partial charge on any atom is 0.303 e. The van der Waals surface area contributed by atoms with Crippen LogP contribution in [0.4, 0.5) is 4.39 Å². The molecule has 0 radical (unpaired) electrons. The van der Waals surface area contributed by atoms with Crippen LogP contribution < -0.4 is 4.74 Å². The Morgan fingerprint density at radius 2 is 1.79 bits per heavy atom. The van der Waals surface area contributed by atoms with Gasteiger partial charge in [0.1, 0.15) is 24.0 Å². The molecule has 0 saturated heterocycles. The maximum atomic E-state index is 13.8. The zero-order valence-corrected chi connectivity index (χ0v) is 19.3. The number of carboxylic acids is 1. The maximum absolute atomic E-state index is 13.8. The second-order valence-electron chi connectivity index (χ2n) is 8.46. The van der Waals surface area contributed by atoms with Crippen LogP contribution in [0.15, 0.2) is 66.7 Å². The van der Waals surface area contributed by atoms with Crippen LogP contribution >= 0.6 is 0 Å². The van der Waals surface area contributed by atoms with Crippen LogP contribution in [0.2, 0.25) is 0 Å². The summed E-state index contributed by atoms with van der Waals surface area (Å²) in [6, 6.07) is 20.6. The second-order valence-corrected chi connectivity index (χ2v) is 8.46. The fourth-order valence-electron chi connectivity index (χ4n) is 4.02. The van der Waals surface area contributed by atoms with Gasteiger partial charge in [-0.2, -0.15) is 0 Å². The van der Waals surface area contributed by atoms with E-state index in [1.54, 1.807) is 6.07 Å². The minimum absolute atomic E-state index is 0.124. The highest BCUT2D eigenvalue weighted by Gasteiger charge is 2.14. The third-order valence-corrected chi connectivity index (χ3v) is 5.89. The highest BCUT2D eigenvalue weighted by atomic mass is 19.1. The molecule has 34 heavy (non-hydrogen) atoms. The Bertz CT molecular complexity index is 1260. The molecule has 0 aliphatic rings. The first-order valence-electron chi connectivity index (χ1n) is 11.7. The molecule has 0 fully saturated rings. The van der Waals surface area contributed by atoms with Crippen LogP contribution in [-0.2, 0) is 30.8 Å². The average molecular weight is 461 g/mol. The van der Waals surface area contributed by atoms with Crippen molar-refractivity contribution in [2.45, 2.75) is 52.2 Å². The van der Waals surface area contributed by atoms with Gasteiger partial charge in [0, 0.05) is 24.5 Å². The predicted octanol–water partition coefficient (Wildman–Crippen LogP) is 6.16. The van der Waals surface area contributed by atoms with E-state index in [-0.39, 0.29) is 12.2 Å². The van der Waals surface area contributed by atoms with Gasteiger partial charge in [-0.15, -0.1) is 0 Å². The van der Waals surface area contributed by atoms with Crippen molar-refractivity contribution in [3.63, 3.8) is 0 Å². The highest BCUT2D eigenvalue weighted by Crippen LogP contribution is 2.25. The normalized spacial score (nSPS) is 11.1. The molecular formula is C28H29FN2O3. The number of para-hydroxylation sites is 1. The fraction of sp³-hybridized carbons (Fsp3) is 0.286. The number of imidazole rings is 1. The molecule has 0 unspecified atom stereocenters. The molecule has 4 aromatic rings. The minimum Gasteiger partial charge on any atom is -0.489 e. The number of ether oxygens (including phenoxy) is 1. The molecule has 0 atom stereocenters. The van der Waals surface area contributed by atoms with Crippen LogP contribution in [0.3, 0.4) is 0 Å². The van der Waals surface area contributed by atoms with Gasteiger partial charge in [0.25, 0.3) is 0 Å². The quantitative estimate of drug-likeness (QED) is 0.291. The van der Waals surface area contributed by atoms with E-state index in [9.17, 15) is 9.18 Å². The number of aromatic nitrogens is 2. The number of carboxylic acid groups (broad SMARTS) is 1. The number of unbranched alkanes of at least 4 members (excludes halogenated alkanes) is 1. The molecule has 0 bridgehead atoms. The van der Waals surface area contributed by atoms with Crippen molar-refractivity contribution in [3.8, 4) is 5.75 Å². The zero-order chi connectivity index (χ0) is 23.9. The third-order valence-electron chi connectivity index (χ3n) is 5.89. The topological polar surface area (TPSA) is 64.4 Å². The summed E-state index contributed by atoms with van der Waals surface area (Å²) in [7, 11) is 0. The van der Waals surface area contributed by atoms with E-state index in [0.717, 1.165) is 53.0 Å². The van der Waals surface area contributed by atoms with Crippen molar-refractivity contribution >= 4 is 17.0 Å². The summed E-state index contributed by atoms with van der Waals surface area (Å²) in [5.41, 5.74) is 4.63. The molecule has 1 N–H and O–H groups in total. The zero-order valence-electron chi connectivity index (χ0n) is 19.3. The van der Waals surface area contributed by atoms with E-state index in [1.165, 1.54) is 12.1 Å². The number of benzene rings is 3. The highest BCUT2D eigenvalue weighted by molar-refractivity contribution is 5.76. The second kappa shape index (κ2) is 11.0. The molecule has 4 rings (SSSR count). The average Bonchev–Trinajstić information content (AvgIpc) is 3.17.